The molecule has 0 aliphatic heterocycles. The fourth-order valence-electron chi connectivity index (χ4n) is 1.34. The first-order valence-corrected chi connectivity index (χ1v) is 4.62. The number of amides is 1. The van der Waals surface area contributed by atoms with Gasteiger partial charge in [0, 0.05) is 11.8 Å². The summed E-state index contributed by atoms with van der Waals surface area (Å²) in [5, 5.41) is 3.98. The predicted molar refractivity (Wildman–Crippen MR) is 57.5 cm³/mol. The van der Waals surface area contributed by atoms with Crippen molar-refractivity contribution in [3.63, 3.8) is 0 Å². The molecule has 2 aromatic rings. The maximum Gasteiger partial charge on any atom is 0.269 e. The molecular formula is C11H9N3O2. The van der Waals surface area contributed by atoms with Gasteiger partial charge in [-0.05, 0) is 18.2 Å². The minimum absolute atomic E-state index is 0.191. The number of nitrogens with zero attached hydrogens (tertiary/aromatic N) is 2. The van der Waals surface area contributed by atoms with Gasteiger partial charge < -0.3 is 5.73 Å². The molecule has 0 fully saturated rings. The van der Waals surface area contributed by atoms with E-state index in [-0.39, 0.29) is 5.69 Å². The summed E-state index contributed by atoms with van der Waals surface area (Å²) in [5.41, 5.74) is 6.54. The Bertz CT molecular complexity index is 546. The van der Waals surface area contributed by atoms with Crippen LogP contribution in [-0.4, -0.2) is 22.0 Å². The van der Waals surface area contributed by atoms with Crippen molar-refractivity contribution in [3.8, 4) is 5.69 Å². The van der Waals surface area contributed by atoms with Crippen LogP contribution in [0.5, 0.6) is 0 Å². The number of aldehydes is 1. The van der Waals surface area contributed by atoms with Crippen LogP contribution in [0.2, 0.25) is 0 Å². The van der Waals surface area contributed by atoms with Gasteiger partial charge in [-0.2, -0.15) is 5.10 Å². The Morgan fingerprint density at radius 2 is 2.19 bits per heavy atom. The van der Waals surface area contributed by atoms with Crippen molar-refractivity contribution in [2.75, 3.05) is 0 Å². The molecule has 0 aliphatic carbocycles. The average molecular weight is 215 g/mol. The van der Waals surface area contributed by atoms with Crippen LogP contribution in [0.3, 0.4) is 0 Å². The lowest BCUT2D eigenvalue weighted by Gasteiger charge is -2.00. The normalized spacial score (nSPS) is 10.0. The third-order valence-electron chi connectivity index (χ3n) is 2.11. The maximum absolute atomic E-state index is 10.9. The van der Waals surface area contributed by atoms with E-state index in [1.807, 2.05) is 0 Å². The summed E-state index contributed by atoms with van der Waals surface area (Å²) in [6, 6.07) is 8.41. The highest BCUT2D eigenvalue weighted by Crippen LogP contribution is 2.09. The molecule has 2 rings (SSSR count). The standard InChI is InChI=1S/C11H9N3O2/c12-11(16)10-4-5-14(13-10)9-3-1-2-8(6-9)7-15/h1-7H,(H2,12,16). The molecule has 80 valence electrons. The summed E-state index contributed by atoms with van der Waals surface area (Å²) in [4.78, 5) is 21.5. The monoisotopic (exact) mass is 215 g/mol. The Labute approximate surface area is 91.5 Å². The minimum Gasteiger partial charge on any atom is -0.364 e. The molecule has 0 unspecified atom stereocenters. The largest absolute Gasteiger partial charge is 0.364 e. The third kappa shape index (κ3) is 1.83. The van der Waals surface area contributed by atoms with Crippen molar-refractivity contribution in [2.45, 2.75) is 0 Å². The molecule has 0 spiro atoms. The van der Waals surface area contributed by atoms with Crippen LogP contribution in [0.1, 0.15) is 20.8 Å². The Morgan fingerprint density at radius 3 is 2.81 bits per heavy atom. The number of benzene rings is 1. The van der Waals surface area contributed by atoms with Gasteiger partial charge in [-0.25, -0.2) is 4.68 Å². The number of rotatable bonds is 3. The van der Waals surface area contributed by atoms with Crippen LogP contribution < -0.4 is 5.73 Å². The highest BCUT2D eigenvalue weighted by molar-refractivity contribution is 5.90. The highest BCUT2D eigenvalue weighted by Gasteiger charge is 2.05. The van der Waals surface area contributed by atoms with Crippen LogP contribution in [0.15, 0.2) is 36.5 Å². The SMILES string of the molecule is NC(=O)c1ccn(-c2cccc(C=O)c2)n1. The summed E-state index contributed by atoms with van der Waals surface area (Å²) in [5.74, 6) is -0.578. The summed E-state index contributed by atoms with van der Waals surface area (Å²) in [6.45, 7) is 0. The molecule has 1 aromatic heterocycles. The van der Waals surface area contributed by atoms with Crippen molar-refractivity contribution in [1.82, 2.24) is 9.78 Å². The second-order valence-corrected chi connectivity index (χ2v) is 3.22. The fraction of sp³-hybridized carbons (Fsp3) is 0. The lowest BCUT2D eigenvalue weighted by molar-refractivity contribution is 0.0994. The van der Waals surface area contributed by atoms with E-state index in [2.05, 4.69) is 5.10 Å². The first-order valence-electron chi connectivity index (χ1n) is 4.62. The van der Waals surface area contributed by atoms with E-state index in [9.17, 15) is 9.59 Å². The molecule has 2 N–H and O–H groups in total. The molecule has 0 atom stereocenters. The van der Waals surface area contributed by atoms with Gasteiger partial charge in [-0.1, -0.05) is 12.1 Å². The molecule has 0 bridgehead atoms. The van der Waals surface area contributed by atoms with Crippen LogP contribution in [-0.2, 0) is 0 Å². The van der Waals surface area contributed by atoms with E-state index in [1.54, 1.807) is 30.5 Å². The second-order valence-electron chi connectivity index (χ2n) is 3.22. The lowest BCUT2D eigenvalue weighted by Crippen LogP contribution is -2.12. The summed E-state index contributed by atoms with van der Waals surface area (Å²) >= 11 is 0. The Kier molecular flexibility index (Phi) is 2.51. The number of hydrogen-bond acceptors (Lipinski definition) is 3. The van der Waals surface area contributed by atoms with Gasteiger partial charge in [0.2, 0.25) is 0 Å². The number of carbonyl (C=O) groups excluding carboxylic acids is 2. The number of nitrogens with two attached hydrogens (primary N) is 1. The Balaban J connectivity index is 2.42. The maximum atomic E-state index is 10.9. The number of aromatic nitrogens is 2. The smallest absolute Gasteiger partial charge is 0.269 e. The molecule has 5 nitrogen and oxygen atoms in total. The molecule has 1 amide bonds. The molecule has 16 heavy (non-hydrogen) atoms. The minimum atomic E-state index is -0.578. The number of hydrogen-bond donors (Lipinski definition) is 1. The first-order chi connectivity index (χ1) is 7.70. The molecule has 5 heteroatoms. The van der Waals surface area contributed by atoms with Gasteiger partial charge in [0.1, 0.15) is 12.0 Å². The van der Waals surface area contributed by atoms with Crippen molar-refractivity contribution in [2.24, 2.45) is 5.73 Å². The summed E-state index contributed by atoms with van der Waals surface area (Å²) < 4.78 is 1.49. The van der Waals surface area contributed by atoms with Crippen molar-refractivity contribution in [1.29, 1.82) is 0 Å². The molecule has 0 saturated heterocycles. The van der Waals surface area contributed by atoms with Crippen LogP contribution in [0.4, 0.5) is 0 Å². The zero-order valence-corrected chi connectivity index (χ0v) is 8.33. The summed E-state index contributed by atoms with van der Waals surface area (Å²) in [7, 11) is 0. The first kappa shape index (κ1) is 10.1. The highest BCUT2D eigenvalue weighted by atomic mass is 16.1. The van der Waals surface area contributed by atoms with Gasteiger partial charge in [-0.15, -0.1) is 0 Å². The quantitative estimate of drug-likeness (QED) is 0.768. The molecular weight excluding hydrogens is 206 g/mol. The topological polar surface area (TPSA) is 78.0 Å². The molecule has 0 radical (unpaired) electrons. The summed E-state index contributed by atoms with van der Waals surface area (Å²) in [6.07, 6.45) is 2.37. The molecule has 0 aliphatic rings. The Hall–Kier alpha value is -2.43. The van der Waals surface area contributed by atoms with E-state index in [4.69, 9.17) is 5.73 Å². The molecule has 1 aromatic carbocycles. The van der Waals surface area contributed by atoms with Gasteiger partial charge in [0.25, 0.3) is 5.91 Å². The average Bonchev–Trinajstić information content (AvgIpc) is 2.78. The zero-order chi connectivity index (χ0) is 11.5. The van der Waals surface area contributed by atoms with Crippen molar-refractivity contribution in [3.05, 3.63) is 47.8 Å². The van der Waals surface area contributed by atoms with Crippen LogP contribution in [0, 0.1) is 0 Å². The van der Waals surface area contributed by atoms with Gasteiger partial charge in [-0.3, -0.25) is 9.59 Å². The number of carbonyl (C=O) groups is 2. The third-order valence-corrected chi connectivity index (χ3v) is 2.11. The van der Waals surface area contributed by atoms with Gasteiger partial charge in [0.05, 0.1) is 5.69 Å². The second kappa shape index (κ2) is 3.98. The van der Waals surface area contributed by atoms with Gasteiger partial charge >= 0.3 is 0 Å². The predicted octanol–water partition coefficient (Wildman–Crippen LogP) is 0.784. The number of primary amides is 1. The molecule has 0 saturated carbocycles. The Morgan fingerprint density at radius 1 is 1.38 bits per heavy atom. The van der Waals surface area contributed by atoms with E-state index in [0.717, 1.165) is 6.29 Å². The fourth-order valence-corrected chi connectivity index (χ4v) is 1.34. The van der Waals surface area contributed by atoms with Crippen LogP contribution >= 0.6 is 0 Å². The van der Waals surface area contributed by atoms with Crippen LogP contribution in [0.25, 0.3) is 5.69 Å². The van der Waals surface area contributed by atoms with Crippen molar-refractivity contribution < 1.29 is 9.59 Å². The zero-order valence-electron chi connectivity index (χ0n) is 8.33. The molecule has 1 heterocycles. The lowest BCUT2D eigenvalue weighted by atomic mass is 10.2. The van der Waals surface area contributed by atoms with Crippen molar-refractivity contribution >= 4 is 12.2 Å². The van der Waals surface area contributed by atoms with Gasteiger partial charge in [0.15, 0.2) is 0 Å². The van der Waals surface area contributed by atoms with E-state index in [0.29, 0.717) is 11.3 Å². The van der Waals surface area contributed by atoms with E-state index >= 15 is 0 Å². The van der Waals surface area contributed by atoms with E-state index < -0.39 is 5.91 Å². The van der Waals surface area contributed by atoms with E-state index in [1.165, 1.54) is 10.7 Å².